The second-order valence-electron chi connectivity index (χ2n) is 5.06. The summed E-state index contributed by atoms with van der Waals surface area (Å²) in [4.78, 5) is 11.6. The number of nitrogens with zero attached hydrogens (tertiary/aromatic N) is 1. The number of nitriles is 1. The molecule has 0 aromatic carbocycles. The Hall–Kier alpha value is -1.30. The van der Waals surface area contributed by atoms with Crippen molar-refractivity contribution in [2.75, 3.05) is 0 Å². The van der Waals surface area contributed by atoms with Crippen molar-refractivity contribution in [3.63, 3.8) is 0 Å². The number of hydrogen-bond acceptors (Lipinski definition) is 2. The average molecular weight is 204 g/mol. The molecule has 1 saturated carbocycles. The first kappa shape index (κ1) is 10.2. The molecule has 3 heteroatoms. The molecule has 0 aromatic heterocycles. The second kappa shape index (κ2) is 3.10. The Labute approximate surface area is 90.2 Å². The Bertz CT molecular complexity index is 342. The molecule has 1 saturated heterocycles. The summed E-state index contributed by atoms with van der Waals surface area (Å²) in [5.74, 6) is 0.524. The van der Waals surface area contributed by atoms with E-state index in [-0.39, 0.29) is 23.2 Å². The number of carbonyl (C=O) groups is 1. The zero-order valence-electron chi connectivity index (χ0n) is 9.21. The summed E-state index contributed by atoms with van der Waals surface area (Å²) in [6.07, 6.45) is 1.47. The van der Waals surface area contributed by atoms with Crippen molar-refractivity contribution in [3.05, 3.63) is 12.3 Å². The fourth-order valence-corrected chi connectivity index (χ4v) is 2.83. The van der Waals surface area contributed by atoms with E-state index in [1.54, 1.807) is 0 Å². The second-order valence-corrected chi connectivity index (χ2v) is 5.06. The largest absolute Gasteiger partial charge is 0.330 e. The summed E-state index contributed by atoms with van der Waals surface area (Å²) in [6, 6.07) is 2.43. The van der Waals surface area contributed by atoms with Gasteiger partial charge in [0.15, 0.2) is 0 Å². The molecule has 1 aliphatic carbocycles. The van der Waals surface area contributed by atoms with Crippen molar-refractivity contribution < 1.29 is 4.79 Å². The molecular formula is C12H16N2O. The van der Waals surface area contributed by atoms with Crippen LogP contribution in [0.1, 0.15) is 26.7 Å². The van der Waals surface area contributed by atoms with Crippen LogP contribution in [0.2, 0.25) is 0 Å². The van der Waals surface area contributed by atoms with E-state index in [4.69, 9.17) is 0 Å². The van der Waals surface area contributed by atoms with Crippen LogP contribution in [0.5, 0.6) is 0 Å². The molecule has 0 bridgehead atoms. The molecule has 3 nitrogen and oxygen atoms in total. The number of hydrogen-bond donors (Lipinski definition) is 1. The Morgan fingerprint density at radius 1 is 1.53 bits per heavy atom. The molecule has 1 N–H and O–H groups in total. The smallest absolute Gasteiger partial charge is 0.227 e. The van der Waals surface area contributed by atoms with Crippen molar-refractivity contribution >= 4 is 5.91 Å². The lowest BCUT2D eigenvalue weighted by Gasteiger charge is -2.26. The predicted octanol–water partition coefficient (Wildman–Crippen LogP) is 1.82. The molecule has 15 heavy (non-hydrogen) atoms. The maximum atomic E-state index is 11.6. The lowest BCUT2D eigenvalue weighted by molar-refractivity contribution is -0.122. The first-order valence-corrected chi connectivity index (χ1v) is 5.41. The summed E-state index contributed by atoms with van der Waals surface area (Å²) in [5.41, 5.74) is 0.485. The van der Waals surface area contributed by atoms with Crippen molar-refractivity contribution in [1.82, 2.24) is 5.32 Å². The van der Waals surface area contributed by atoms with Gasteiger partial charge in [0.1, 0.15) is 0 Å². The van der Waals surface area contributed by atoms with Gasteiger partial charge in [0, 0.05) is 17.5 Å². The van der Waals surface area contributed by atoms with Crippen LogP contribution in [0, 0.1) is 34.5 Å². The van der Waals surface area contributed by atoms with Crippen LogP contribution in [0.4, 0.5) is 0 Å². The fourth-order valence-electron chi connectivity index (χ4n) is 2.83. The number of allylic oxidation sites excluding steroid dienone is 1. The van der Waals surface area contributed by atoms with Gasteiger partial charge in [-0.2, -0.15) is 5.26 Å². The van der Waals surface area contributed by atoms with Gasteiger partial charge in [0.05, 0.1) is 11.5 Å². The highest BCUT2D eigenvalue weighted by Gasteiger charge is 2.53. The van der Waals surface area contributed by atoms with E-state index in [1.807, 2.05) is 0 Å². The van der Waals surface area contributed by atoms with Crippen molar-refractivity contribution in [2.45, 2.75) is 26.7 Å². The summed E-state index contributed by atoms with van der Waals surface area (Å²) in [6.45, 7) is 7.99. The van der Waals surface area contributed by atoms with Crippen molar-refractivity contribution in [1.29, 1.82) is 5.26 Å². The molecule has 3 atom stereocenters. The van der Waals surface area contributed by atoms with E-state index >= 15 is 0 Å². The average Bonchev–Trinajstić information content (AvgIpc) is 2.67. The Morgan fingerprint density at radius 3 is 2.60 bits per heavy atom. The number of rotatable bonds is 1. The van der Waals surface area contributed by atoms with Gasteiger partial charge in [-0.25, -0.2) is 0 Å². The number of carbonyl (C=O) groups excluding carboxylic acids is 1. The molecule has 0 aromatic rings. The lowest BCUT2D eigenvalue weighted by Crippen LogP contribution is -2.27. The highest BCUT2D eigenvalue weighted by Crippen LogP contribution is 2.53. The molecule has 3 unspecified atom stereocenters. The van der Waals surface area contributed by atoms with Gasteiger partial charge < -0.3 is 5.32 Å². The topological polar surface area (TPSA) is 52.9 Å². The molecular weight excluding hydrogens is 188 g/mol. The van der Waals surface area contributed by atoms with E-state index in [9.17, 15) is 10.1 Å². The van der Waals surface area contributed by atoms with Crippen LogP contribution in [-0.2, 0) is 4.79 Å². The highest BCUT2D eigenvalue weighted by atomic mass is 16.2. The Morgan fingerprint density at radius 2 is 2.13 bits per heavy atom. The van der Waals surface area contributed by atoms with E-state index in [2.05, 4.69) is 31.8 Å². The molecule has 80 valence electrons. The Kier molecular flexibility index (Phi) is 2.11. The molecule has 1 aliphatic heterocycles. The fraction of sp³-hybridized carbons (Fsp3) is 0.667. The third-order valence-electron chi connectivity index (χ3n) is 4.05. The first-order valence-electron chi connectivity index (χ1n) is 5.41. The lowest BCUT2D eigenvalue weighted by atomic mass is 9.76. The number of fused-ring (bicyclic) bond motifs is 1. The number of amides is 1. The Balaban J connectivity index is 2.30. The summed E-state index contributed by atoms with van der Waals surface area (Å²) < 4.78 is 0. The van der Waals surface area contributed by atoms with Gasteiger partial charge in [-0.1, -0.05) is 20.4 Å². The predicted molar refractivity (Wildman–Crippen MR) is 56.4 cm³/mol. The zero-order chi connectivity index (χ0) is 11.2. The van der Waals surface area contributed by atoms with E-state index in [0.29, 0.717) is 12.3 Å². The molecule has 2 aliphatic rings. The SMILES string of the molecule is C=C1NC(=O)C2CC(C#N)(C(C)C)CC12. The van der Waals surface area contributed by atoms with Crippen molar-refractivity contribution in [2.24, 2.45) is 23.2 Å². The molecule has 2 rings (SSSR count). The minimum atomic E-state index is -0.323. The molecule has 0 spiro atoms. The van der Waals surface area contributed by atoms with Crippen LogP contribution in [0.25, 0.3) is 0 Å². The van der Waals surface area contributed by atoms with Crippen LogP contribution in [0.15, 0.2) is 12.3 Å². The van der Waals surface area contributed by atoms with Gasteiger partial charge in [0.25, 0.3) is 0 Å². The monoisotopic (exact) mass is 204 g/mol. The standard InChI is InChI=1S/C12H16N2O/c1-7(2)12(6-13)4-9-8(3)14-11(15)10(9)5-12/h7,9-10H,3-5H2,1-2H3,(H,14,15). The quantitative estimate of drug-likeness (QED) is 0.708. The molecule has 2 fully saturated rings. The van der Waals surface area contributed by atoms with E-state index < -0.39 is 0 Å². The normalized spacial score (nSPS) is 39.1. The minimum absolute atomic E-state index is 0.0143. The van der Waals surface area contributed by atoms with Gasteiger partial charge in [-0.15, -0.1) is 0 Å². The van der Waals surface area contributed by atoms with Gasteiger partial charge >= 0.3 is 0 Å². The van der Waals surface area contributed by atoms with Crippen LogP contribution >= 0.6 is 0 Å². The summed E-state index contributed by atoms with van der Waals surface area (Å²) in [5, 5.41) is 12.1. The van der Waals surface area contributed by atoms with Crippen LogP contribution in [0.3, 0.4) is 0 Å². The maximum absolute atomic E-state index is 11.6. The van der Waals surface area contributed by atoms with Crippen molar-refractivity contribution in [3.8, 4) is 6.07 Å². The van der Waals surface area contributed by atoms with Gasteiger partial charge in [-0.3, -0.25) is 4.79 Å². The third kappa shape index (κ3) is 1.28. The number of nitrogens with one attached hydrogen (secondary N) is 1. The van der Waals surface area contributed by atoms with Gasteiger partial charge in [-0.05, 0) is 18.8 Å². The zero-order valence-corrected chi connectivity index (χ0v) is 9.21. The van der Waals surface area contributed by atoms with E-state index in [0.717, 1.165) is 12.1 Å². The molecule has 0 radical (unpaired) electrons. The van der Waals surface area contributed by atoms with E-state index in [1.165, 1.54) is 0 Å². The molecule has 1 heterocycles. The maximum Gasteiger partial charge on any atom is 0.227 e. The van der Waals surface area contributed by atoms with Gasteiger partial charge in [0.2, 0.25) is 5.91 Å². The summed E-state index contributed by atoms with van der Waals surface area (Å²) >= 11 is 0. The summed E-state index contributed by atoms with van der Waals surface area (Å²) in [7, 11) is 0. The highest BCUT2D eigenvalue weighted by molar-refractivity contribution is 5.85. The minimum Gasteiger partial charge on any atom is -0.330 e. The third-order valence-corrected chi connectivity index (χ3v) is 4.05. The molecule has 1 amide bonds. The van der Waals surface area contributed by atoms with Crippen LogP contribution in [-0.4, -0.2) is 5.91 Å². The first-order chi connectivity index (χ1) is 7.00. The van der Waals surface area contributed by atoms with Crippen LogP contribution < -0.4 is 5.32 Å².